The molecular weight excluding hydrogens is 238 g/mol. The van der Waals surface area contributed by atoms with Gasteiger partial charge in [0.15, 0.2) is 0 Å². The number of rotatable bonds is 0. The summed E-state index contributed by atoms with van der Waals surface area (Å²) >= 11 is 4.72. The Bertz CT molecular complexity index is 437. The molecule has 0 aliphatic heterocycles. The van der Waals surface area contributed by atoms with Crippen LogP contribution in [-0.4, -0.2) is 9.36 Å². The van der Waals surface area contributed by atoms with E-state index in [0.717, 1.165) is 20.4 Å². The molecule has 2 N–H and O–H groups in total. The van der Waals surface area contributed by atoms with Crippen LogP contribution in [0.1, 0.15) is 5.69 Å². The number of fused-ring (bicyclic) bond motifs is 1. The predicted octanol–water partition coefficient (Wildman–Crippen LogP) is 2.34. The van der Waals surface area contributed by atoms with Gasteiger partial charge in [0.05, 0.1) is 11.1 Å². The zero-order valence-electron chi connectivity index (χ0n) is 6.34. The minimum absolute atomic E-state index is 0.559. The van der Waals surface area contributed by atoms with Crippen LogP contribution in [0.15, 0.2) is 10.5 Å². The van der Waals surface area contributed by atoms with Crippen LogP contribution in [0.3, 0.4) is 0 Å². The maximum Gasteiger partial charge on any atom is 0.146 e. The van der Waals surface area contributed by atoms with Crippen molar-refractivity contribution in [1.82, 2.24) is 9.36 Å². The molecule has 0 spiro atoms. The number of hydrogen-bond acceptors (Lipinski definition) is 4. The highest BCUT2D eigenvalue weighted by Gasteiger charge is 2.06. The second-order valence-electron chi connectivity index (χ2n) is 2.48. The Balaban J connectivity index is 2.87. The van der Waals surface area contributed by atoms with Crippen molar-refractivity contribution in [2.75, 3.05) is 5.73 Å². The number of nitrogen functional groups attached to an aromatic ring is 1. The van der Waals surface area contributed by atoms with Crippen molar-refractivity contribution in [3.05, 3.63) is 16.2 Å². The average molecular weight is 244 g/mol. The van der Waals surface area contributed by atoms with E-state index in [1.165, 1.54) is 11.5 Å². The van der Waals surface area contributed by atoms with Crippen molar-refractivity contribution < 1.29 is 0 Å². The molecular formula is C7H6BrN3S. The van der Waals surface area contributed by atoms with Crippen molar-refractivity contribution in [3.63, 3.8) is 0 Å². The lowest BCUT2D eigenvalue weighted by molar-refractivity contribution is 1.25. The Morgan fingerprint density at radius 3 is 3.08 bits per heavy atom. The van der Waals surface area contributed by atoms with E-state index in [1.54, 1.807) is 0 Å². The summed E-state index contributed by atoms with van der Waals surface area (Å²) in [6.45, 7) is 1.94. The number of hydrogen-bond donors (Lipinski definition) is 1. The largest absolute Gasteiger partial charge is 0.382 e. The van der Waals surface area contributed by atoms with Crippen molar-refractivity contribution in [2.45, 2.75) is 6.92 Å². The maximum absolute atomic E-state index is 5.63. The van der Waals surface area contributed by atoms with E-state index < -0.39 is 0 Å². The topological polar surface area (TPSA) is 51.8 Å². The van der Waals surface area contributed by atoms with Crippen LogP contribution in [0.25, 0.3) is 10.2 Å². The molecule has 0 radical (unpaired) electrons. The monoisotopic (exact) mass is 243 g/mol. The summed E-state index contributed by atoms with van der Waals surface area (Å²) in [6.07, 6.45) is 0. The fourth-order valence-corrected chi connectivity index (χ4v) is 1.99. The van der Waals surface area contributed by atoms with E-state index in [-0.39, 0.29) is 0 Å². The highest BCUT2D eigenvalue weighted by molar-refractivity contribution is 9.10. The number of nitrogens with zero attached hydrogens (tertiary/aromatic N) is 2. The molecule has 0 aliphatic carbocycles. The van der Waals surface area contributed by atoms with Crippen LogP contribution >= 0.6 is 27.5 Å². The van der Waals surface area contributed by atoms with Gasteiger partial charge < -0.3 is 5.73 Å². The van der Waals surface area contributed by atoms with Crippen molar-refractivity contribution in [2.24, 2.45) is 0 Å². The molecule has 0 aromatic carbocycles. The van der Waals surface area contributed by atoms with Gasteiger partial charge in [-0.15, -0.1) is 0 Å². The summed E-state index contributed by atoms with van der Waals surface area (Å²) in [7, 11) is 0. The molecule has 0 aliphatic rings. The first-order valence-corrected chi connectivity index (χ1v) is 4.93. The van der Waals surface area contributed by atoms with Crippen LogP contribution in [0.2, 0.25) is 0 Å². The molecule has 5 heteroatoms. The molecule has 0 atom stereocenters. The molecule has 0 fully saturated rings. The molecule has 2 aromatic rings. The Hall–Kier alpha value is -0.680. The van der Waals surface area contributed by atoms with Gasteiger partial charge >= 0.3 is 0 Å². The van der Waals surface area contributed by atoms with E-state index in [4.69, 9.17) is 5.73 Å². The number of aromatic nitrogens is 2. The second kappa shape index (κ2) is 2.67. The second-order valence-corrected chi connectivity index (χ2v) is 4.08. The molecule has 0 amide bonds. The Morgan fingerprint density at radius 2 is 2.33 bits per heavy atom. The molecule has 0 bridgehead atoms. The minimum atomic E-state index is 0.559. The van der Waals surface area contributed by atoms with Crippen molar-refractivity contribution >= 4 is 43.5 Å². The van der Waals surface area contributed by atoms with E-state index in [9.17, 15) is 0 Å². The van der Waals surface area contributed by atoms with Crippen LogP contribution in [0.5, 0.6) is 0 Å². The maximum atomic E-state index is 5.63. The number of nitrogens with two attached hydrogens (primary N) is 1. The van der Waals surface area contributed by atoms with Gasteiger partial charge in [-0.1, -0.05) is 0 Å². The third-order valence-electron chi connectivity index (χ3n) is 1.62. The molecule has 62 valence electrons. The SMILES string of the molecule is Cc1nc2snc(N)c2cc1Br. The quantitative estimate of drug-likeness (QED) is 0.773. The van der Waals surface area contributed by atoms with Crippen LogP contribution in [-0.2, 0) is 0 Å². The Labute approximate surface area is 81.9 Å². The lowest BCUT2D eigenvalue weighted by atomic mass is 10.3. The first-order chi connectivity index (χ1) is 5.68. The number of pyridine rings is 1. The standard InChI is InChI=1S/C7H6BrN3S/c1-3-5(8)2-4-6(9)11-12-7(4)10-3/h2H,1H3,(H2,9,11). The zero-order valence-corrected chi connectivity index (χ0v) is 8.74. The minimum Gasteiger partial charge on any atom is -0.382 e. The molecule has 2 heterocycles. The zero-order chi connectivity index (χ0) is 8.72. The first kappa shape index (κ1) is 7.94. The number of halogens is 1. The normalized spacial score (nSPS) is 10.8. The molecule has 2 rings (SSSR count). The third kappa shape index (κ3) is 1.09. The summed E-state index contributed by atoms with van der Waals surface area (Å²) in [5, 5.41) is 0.928. The lowest BCUT2D eigenvalue weighted by Gasteiger charge is -1.95. The Kier molecular flexibility index (Phi) is 1.77. The summed E-state index contributed by atoms with van der Waals surface area (Å²) in [4.78, 5) is 5.22. The number of aryl methyl sites for hydroxylation is 1. The van der Waals surface area contributed by atoms with Gasteiger partial charge in [0, 0.05) is 4.47 Å². The van der Waals surface area contributed by atoms with Gasteiger partial charge in [-0.3, -0.25) is 0 Å². The summed E-state index contributed by atoms with van der Waals surface area (Å²) in [5.41, 5.74) is 6.60. The predicted molar refractivity (Wildman–Crippen MR) is 54.3 cm³/mol. The summed E-state index contributed by atoms with van der Waals surface area (Å²) in [5.74, 6) is 0.559. The van der Waals surface area contributed by atoms with E-state index in [0.29, 0.717) is 5.82 Å². The smallest absolute Gasteiger partial charge is 0.146 e. The van der Waals surface area contributed by atoms with Gasteiger partial charge in [-0.05, 0) is 40.5 Å². The van der Waals surface area contributed by atoms with Gasteiger partial charge in [-0.2, -0.15) is 4.37 Å². The van der Waals surface area contributed by atoms with E-state index >= 15 is 0 Å². The van der Waals surface area contributed by atoms with Gasteiger partial charge in [0.25, 0.3) is 0 Å². The summed E-state index contributed by atoms with van der Waals surface area (Å²) < 4.78 is 4.99. The van der Waals surface area contributed by atoms with Gasteiger partial charge in [0.2, 0.25) is 0 Å². The molecule has 0 saturated heterocycles. The molecule has 12 heavy (non-hydrogen) atoms. The van der Waals surface area contributed by atoms with Crippen molar-refractivity contribution in [1.29, 1.82) is 0 Å². The van der Waals surface area contributed by atoms with Gasteiger partial charge in [-0.25, -0.2) is 4.98 Å². The molecule has 0 unspecified atom stereocenters. The summed E-state index contributed by atoms with van der Waals surface area (Å²) in [6, 6.07) is 1.95. The lowest BCUT2D eigenvalue weighted by Crippen LogP contribution is -1.86. The van der Waals surface area contributed by atoms with Crippen molar-refractivity contribution in [3.8, 4) is 0 Å². The van der Waals surface area contributed by atoms with Crippen LogP contribution in [0, 0.1) is 6.92 Å². The van der Waals surface area contributed by atoms with E-state index in [2.05, 4.69) is 25.3 Å². The van der Waals surface area contributed by atoms with Gasteiger partial charge in [0.1, 0.15) is 10.6 Å². The first-order valence-electron chi connectivity index (χ1n) is 3.36. The molecule has 3 nitrogen and oxygen atoms in total. The van der Waals surface area contributed by atoms with Crippen LogP contribution < -0.4 is 5.73 Å². The Morgan fingerprint density at radius 1 is 1.58 bits per heavy atom. The highest BCUT2D eigenvalue weighted by Crippen LogP contribution is 2.27. The molecule has 2 aromatic heterocycles. The average Bonchev–Trinajstić information content (AvgIpc) is 2.35. The highest BCUT2D eigenvalue weighted by atomic mass is 79.9. The fourth-order valence-electron chi connectivity index (χ4n) is 0.954. The van der Waals surface area contributed by atoms with E-state index in [1.807, 2.05) is 13.0 Å². The molecule has 0 saturated carbocycles. The van der Waals surface area contributed by atoms with Crippen LogP contribution in [0.4, 0.5) is 5.82 Å². The fraction of sp³-hybridized carbons (Fsp3) is 0.143. The number of anilines is 1. The third-order valence-corrected chi connectivity index (χ3v) is 3.20.